The van der Waals surface area contributed by atoms with Crippen LogP contribution in [0.2, 0.25) is 0 Å². The average Bonchev–Trinajstić information content (AvgIpc) is 2.49. The quantitative estimate of drug-likeness (QED) is 0.668. The van der Waals surface area contributed by atoms with Crippen LogP contribution in [0.3, 0.4) is 0 Å². The molecule has 0 radical (unpaired) electrons. The number of hydrogen-bond acceptors (Lipinski definition) is 4. The number of aromatic nitrogens is 4. The Morgan fingerprint density at radius 1 is 1.46 bits per heavy atom. The number of fused-ring (bicyclic) bond motifs is 1. The van der Waals surface area contributed by atoms with Crippen molar-refractivity contribution in [2.45, 2.75) is 0 Å². The molecule has 0 saturated heterocycles. The summed E-state index contributed by atoms with van der Waals surface area (Å²) in [5.41, 5.74) is 1.61. The van der Waals surface area contributed by atoms with Crippen molar-refractivity contribution >= 4 is 29.2 Å². The van der Waals surface area contributed by atoms with E-state index in [9.17, 15) is 0 Å². The van der Waals surface area contributed by atoms with Crippen LogP contribution in [-0.4, -0.2) is 34.0 Å². The van der Waals surface area contributed by atoms with Crippen LogP contribution in [0.4, 0.5) is 5.82 Å². The second kappa shape index (κ2) is 2.81. The van der Waals surface area contributed by atoms with E-state index in [-0.39, 0.29) is 0 Å². The first-order valence-corrected chi connectivity index (χ1v) is 4.20. The Balaban J connectivity index is 2.85. The molecule has 5 nitrogen and oxygen atoms in total. The molecule has 6 heteroatoms. The molecule has 0 fully saturated rings. The highest BCUT2D eigenvalue weighted by Gasteiger charge is 2.06. The van der Waals surface area contributed by atoms with E-state index in [0.29, 0.717) is 4.77 Å². The SMILES string of the molecule is CN(C)c1nc(=S)[nH]c2nc[nH]c12. The lowest BCUT2D eigenvalue weighted by atomic mass is 10.5. The molecule has 0 bridgehead atoms. The fraction of sp³-hybridized carbons (Fsp3) is 0.286. The van der Waals surface area contributed by atoms with E-state index in [2.05, 4.69) is 19.9 Å². The summed E-state index contributed by atoms with van der Waals surface area (Å²) in [7, 11) is 3.83. The van der Waals surface area contributed by atoms with Gasteiger partial charge in [0.15, 0.2) is 11.5 Å². The molecule has 0 spiro atoms. The maximum atomic E-state index is 4.96. The van der Waals surface area contributed by atoms with Gasteiger partial charge in [0, 0.05) is 14.1 Å². The van der Waals surface area contributed by atoms with Gasteiger partial charge in [0.2, 0.25) is 4.77 Å². The predicted molar refractivity (Wildman–Crippen MR) is 53.4 cm³/mol. The maximum Gasteiger partial charge on any atom is 0.200 e. The van der Waals surface area contributed by atoms with E-state index in [1.165, 1.54) is 0 Å². The smallest absolute Gasteiger partial charge is 0.200 e. The standard InChI is InChI=1S/C7H9N5S/c1-12(2)6-4-5(9-3-8-4)10-7(13)11-6/h3H,1-2H3,(H2,8,9,10,11,13). The third-order valence-electron chi connectivity index (χ3n) is 1.72. The minimum Gasteiger partial charge on any atom is -0.361 e. The fourth-order valence-corrected chi connectivity index (χ4v) is 1.35. The molecule has 2 heterocycles. The number of nitrogens with zero attached hydrogens (tertiary/aromatic N) is 3. The van der Waals surface area contributed by atoms with E-state index in [0.717, 1.165) is 17.0 Å². The molecule has 0 unspecified atom stereocenters. The van der Waals surface area contributed by atoms with Gasteiger partial charge in [-0.2, -0.15) is 0 Å². The van der Waals surface area contributed by atoms with Gasteiger partial charge in [-0.05, 0) is 12.2 Å². The van der Waals surface area contributed by atoms with Crippen LogP contribution in [0.5, 0.6) is 0 Å². The zero-order chi connectivity index (χ0) is 9.42. The number of aromatic amines is 2. The molecule has 2 aromatic rings. The average molecular weight is 195 g/mol. The topological polar surface area (TPSA) is 60.6 Å². The Morgan fingerprint density at radius 3 is 2.92 bits per heavy atom. The molecular formula is C7H9N5S. The summed E-state index contributed by atoms with van der Waals surface area (Å²) >= 11 is 4.96. The van der Waals surface area contributed by atoms with Crippen LogP contribution in [0.1, 0.15) is 0 Å². The first-order valence-electron chi connectivity index (χ1n) is 3.79. The molecule has 0 saturated carbocycles. The minimum atomic E-state index is 0.448. The number of H-pyrrole nitrogens is 2. The second-order valence-corrected chi connectivity index (χ2v) is 3.27. The number of rotatable bonds is 1. The van der Waals surface area contributed by atoms with Crippen LogP contribution >= 0.6 is 12.2 Å². The zero-order valence-corrected chi connectivity index (χ0v) is 8.14. The van der Waals surface area contributed by atoms with Gasteiger partial charge in [0.25, 0.3) is 0 Å². The van der Waals surface area contributed by atoms with Crippen molar-refractivity contribution in [1.29, 1.82) is 0 Å². The molecule has 2 N–H and O–H groups in total. The number of hydrogen-bond donors (Lipinski definition) is 2. The van der Waals surface area contributed by atoms with Gasteiger partial charge in [-0.15, -0.1) is 0 Å². The highest BCUT2D eigenvalue weighted by atomic mass is 32.1. The van der Waals surface area contributed by atoms with Gasteiger partial charge in [0.05, 0.1) is 6.33 Å². The van der Waals surface area contributed by atoms with Crippen molar-refractivity contribution in [3.05, 3.63) is 11.1 Å². The van der Waals surface area contributed by atoms with Crippen molar-refractivity contribution in [1.82, 2.24) is 19.9 Å². The predicted octanol–water partition coefficient (Wildman–Crippen LogP) is 1.08. The molecule has 2 rings (SSSR count). The molecular weight excluding hydrogens is 186 g/mol. The lowest BCUT2D eigenvalue weighted by Gasteiger charge is -2.10. The highest BCUT2D eigenvalue weighted by Crippen LogP contribution is 2.16. The summed E-state index contributed by atoms with van der Waals surface area (Å²) in [5, 5.41) is 0. The first-order chi connectivity index (χ1) is 6.18. The van der Waals surface area contributed by atoms with Crippen molar-refractivity contribution in [2.75, 3.05) is 19.0 Å². The van der Waals surface area contributed by atoms with Crippen LogP contribution in [0.25, 0.3) is 11.2 Å². The van der Waals surface area contributed by atoms with Crippen LogP contribution in [0, 0.1) is 4.77 Å². The highest BCUT2D eigenvalue weighted by molar-refractivity contribution is 7.71. The molecule has 0 aliphatic rings. The lowest BCUT2D eigenvalue weighted by Crippen LogP contribution is -2.11. The van der Waals surface area contributed by atoms with Gasteiger partial charge >= 0.3 is 0 Å². The summed E-state index contributed by atoms with van der Waals surface area (Å²) < 4.78 is 0.448. The van der Waals surface area contributed by atoms with Gasteiger partial charge in [0.1, 0.15) is 5.52 Å². The first kappa shape index (κ1) is 8.18. The Hall–Kier alpha value is -1.43. The number of nitrogens with one attached hydrogen (secondary N) is 2. The van der Waals surface area contributed by atoms with Gasteiger partial charge in [-0.25, -0.2) is 9.97 Å². The Bertz CT molecular complexity index is 483. The van der Waals surface area contributed by atoms with Crippen molar-refractivity contribution in [3.63, 3.8) is 0 Å². The normalized spacial score (nSPS) is 10.6. The van der Waals surface area contributed by atoms with E-state index in [1.54, 1.807) is 6.33 Å². The van der Waals surface area contributed by atoms with Crippen molar-refractivity contribution in [3.8, 4) is 0 Å². The molecule has 0 amide bonds. The van der Waals surface area contributed by atoms with Gasteiger partial charge in [-0.3, -0.25) is 0 Å². The molecule has 68 valence electrons. The van der Waals surface area contributed by atoms with Crippen molar-refractivity contribution in [2.24, 2.45) is 0 Å². The van der Waals surface area contributed by atoms with Crippen molar-refractivity contribution < 1.29 is 0 Å². The number of imidazole rings is 1. The second-order valence-electron chi connectivity index (χ2n) is 2.89. The van der Waals surface area contributed by atoms with Crippen LogP contribution < -0.4 is 4.90 Å². The molecule has 2 aromatic heterocycles. The lowest BCUT2D eigenvalue weighted by molar-refractivity contribution is 1.04. The monoisotopic (exact) mass is 195 g/mol. The Labute approximate surface area is 79.8 Å². The summed E-state index contributed by atoms with van der Waals surface area (Å²) in [6.45, 7) is 0. The molecule has 0 atom stereocenters. The minimum absolute atomic E-state index is 0.448. The Kier molecular flexibility index (Phi) is 1.77. The van der Waals surface area contributed by atoms with Gasteiger partial charge < -0.3 is 14.9 Å². The largest absolute Gasteiger partial charge is 0.361 e. The van der Waals surface area contributed by atoms with E-state index < -0.39 is 0 Å². The van der Waals surface area contributed by atoms with Crippen LogP contribution in [0.15, 0.2) is 6.33 Å². The summed E-state index contributed by atoms with van der Waals surface area (Å²) in [5.74, 6) is 0.802. The molecule has 0 aliphatic heterocycles. The third kappa shape index (κ3) is 1.29. The zero-order valence-electron chi connectivity index (χ0n) is 7.33. The fourth-order valence-electron chi connectivity index (χ4n) is 1.16. The van der Waals surface area contributed by atoms with E-state index in [1.807, 2.05) is 19.0 Å². The Morgan fingerprint density at radius 2 is 2.23 bits per heavy atom. The molecule has 13 heavy (non-hydrogen) atoms. The summed E-state index contributed by atoms with van der Waals surface area (Å²) in [6.07, 6.45) is 1.62. The van der Waals surface area contributed by atoms with Crippen LogP contribution in [-0.2, 0) is 0 Å². The maximum absolute atomic E-state index is 4.96. The third-order valence-corrected chi connectivity index (χ3v) is 1.91. The summed E-state index contributed by atoms with van der Waals surface area (Å²) in [6, 6.07) is 0. The molecule has 0 aliphatic carbocycles. The number of anilines is 1. The summed E-state index contributed by atoms with van der Waals surface area (Å²) in [4.78, 5) is 16.1. The van der Waals surface area contributed by atoms with E-state index in [4.69, 9.17) is 12.2 Å². The van der Waals surface area contributed by atoms with E-state index >= 15 is 0 Å². The van der Waals surface area contributed by atoms with Gasteiger partial charge in [-0.1, -0.05) is 0 Å². The molecule has 0 aromatic carbocycles.